The summed E-state index contributed by atoms with van der Waals surface area (Å²) in [6.07, 6.45) is 0. The van der Waals surface area contributed by atoms with Crippen molar-refractivity contribution in [3.8, 4) is 0 Å². The van der Waals surface area contributed by atoms with Gasteiger partial charge in [-0.05, 0) is 37.3 Å². The molecular weight excluding hydrogens is 360 g/mol. The molecule has 0 saturated carbocycles. The summed E-state index contributed by atoms with van der Waals surface area (Å²) in [5, 5.41) is 4.78. The predicted octanol–water partition coefficient (Wildman–Crippen LogP) is 3.66. The summed E-state index contributed by atoms with van der Waals surface area (Å²) in [7, 11) is 0. The second-order valence-corrected chi connectivity index (χ2v) is 5.73. The molecule has 3 rings (SSSR count). The summed E-state index contributed by atoms with van der Waals surface area (Å²) in [6.45, 7) is 1.98. The van der Waals surface area contributed by atoms with Gasteiger partial charge in [0, 0.05) is 15.4 Å². The number of aromatic nitrogens is 2. The first-order valence-corrected chi connectivity index (χ1v) is 7.86. The van der Waals surface area contributed by atoms with E-state index in [9.17, 15) is 9.59 Å². The number of fused-ring (bicyclic) bond motifs is 1. The molecule has 5 nitrogen and oxygen atoms in total. The van der Waals surface area contributed by atoms with Crippen LogP contribution in [0.4, 0.5) is 0 Å². The van der Waals surface area contributed by atoms with Gasteiger partial charge in [-0.1, -0.05) is 34.1 Å². The van der Waals surface area contributed by atoms with Crippen molar-refractivity contribution >= 4 is 38.7 Å². The van der Waals surface area contributed by atoms with Crippen molar-refractivity contribution in [2.24, 2.45) is 0 Å². The Morgan fingerprint density at radius 2 is 1.83 bits per heavy atom. The Morgan fingerprint density at radius 1 is 1.13 bits per heavy atom. The van der Waals surface area contributed by atoms with Gasteiger partial charge in [-0.2, -0.15) is 9.78 Å². The molecule has 0 amide bonds. The van der Waals surface area contributed by atoms with Gasteiger partial charge in [-0.25, -0.2) is 4.79 Å². The zero-order chi connectivity index (χ0) is 16.4. The van der Waals surface area contributed by atoms with Crippen LogP contribution in [0.2, 0.25) is 0 Å². The van der Waals surface area contributed by atoms with E-state index in [-0.39, 0.29) is 18.2 Å². The first-order valence-electron chi connectivity index (χ1n) is 7.07. The van der Waals surface area contributed by atoms with Gasteiger partial charge >= 0.3 is 5.97 Å². The number of hydrogen-bond acceptors (Lipinski definition) is 4. The fourth-order valence-electron chi connectivity index (χ4n) is 2.29. The van der Waals surface area contributed by atoms with Crippen molar-refractivity contribution in [1.29, 1.82) is 0 Å². The second-order valence-electron chi connectivity index (χ2n) is 4.81. The standard InChI is InChI=1S/C17H13BrN2O3/c1-2-23-17(22)15-13-5-3-4-6-14(13)20(19-15)16(21)11-7-9-12(18)10-8-11/h3-10H,2H2,1H3. The van der Waals surface area contributed by atoms with Gasteiger partial charge in [-0.15, -0.1) is 0 Å². The van der Waals surface area contributed by atoms with E-state index in [0.29, 0.717) is 16.5 Å². The van der Waals surface area contributed by atoms with Crippen LogP contribution in [-0.4, -0.2) is 28.3 Å². The van der Waals surface area contributed by atoms with E-state index in [0.717, 1.165) is 4.47 Å². The van der Waals surface area contributed by atoms with Gasteiger partial charge in [0.25, 0.3) is 5.91 Å². The molecule has 0 radical (unpaired) electrons. The van der Waals surface area contributed by atoms with Crippen molar-refractivity contribution < 1.29 is 14.3 Å². The molecular formula is C17H13BrN2O3. The van der Waals surface area contributed by atoms with Gasteiger partial charge in [0.2, 0.25) is 0 Å². The number of carbonyl (C=O) groups is 2. The molecule has 0 bridgehead atoms. The van der Waals surface area contributed by atoms with Crippen LogP contribution >= 0.6 is 15.9 Å². The van der Waals surface area contributed by atoms with E-state index < -0.39 is 5.97 Å². The molecule has 3 aromatic rings. The molecule has 0 aliphatic rings. The van der Waals surface area contributed by atoms with Crippen LogP contribution in [0.25, 0.3) is 10.9 Å². The Labute approximate surface area is 141 Å². The van der Waals surface area contributed by atoms with Crippen molar-refractivity contribution in [2.45, 2.75) is 6.92 Å². The molecule has 6 heteroatoms. The van der Waals surface area contributed by atoms with Gasteiger partial charge in [0.15, 0.2) is 5.69 Å². The molecule has 0 saturated heterocycles. The Morgan fingerprint density at radius 3 is 2.52 bits per heavy atom. The maximum atomic E-state index is 12.7. The van der Waals surface area contributed by atoms with Gasteiger partial charge in [-0.3, -0.25) is 4.79 Å². The molecule has 0 N–H and O–H groups in total. The number of benzene rings is 2. The topological polar surface area (TPSA) is 61.2 Å². The molecule has 1 heterocycles. The molecule has 0 fully saturated rings. The summed E-state index contributed by atoms with van der Waals surface area (Å²) < 4.78 is 7.14. The Kier molecular flexibility index (Phi) is 4.25. The van der Waals surface area contributed by atoms with Gasteiger partial charge in [0.05, 0.1) is 12.1 Å². The molecule has 1 aromatic heterocycles. The molecule has 0 aliphatic heterocycles. The fourth-order valence-corrected chi connectivity index (χ4v) is 2.55. The predicted molar refractivity (Wildman–Crippen MR) is 89.6 cm³/mol. The third kappa shape index (κ3) is 2.90. The normalized spacial score (nSPS) is 10.7. The zero-order valence-corrected chi connectivity index (χ0v) is 13.9. The summed E-state index contributed by atoms with van der Waals surface area (Å²) in [4.78, 5) is 24.8. The van der Waals surface area contributed by atoms with Gasteiger partial charge < -0.3 is 4.74 Å². The minimum Gasteiger partial charge on any atom is -0.461 e. The van der Waals surface area contributed by atoms with Crippen LogP contribution in [0.5, 0.6) is 0 Å². The van der Waals surface area contributed by atoms with Crippen LogP contribution in [0, 0.1) is 0 Å². The largest absolute Gasteiger partial charge is 0.461 e. The monoisotopic (exact) mass is 372 g/mol. The number of ether oxygens (including phenoxy) is 1. The highest BCUT2D eigenvalue weighted by atomic mass is 79.9. The van der Waals surface area contributed by atoms with Crippen LogP contribution in [0.3, 0.4) is 0 Å². The first-order chi connectivity index (χ1) is 11.1. The number of halogens is 1. The molecule has 0 aliphatic carbocycles. The highest BCUT2D eigenvalue weighted by molar-refractivity contribution is 9.10. The fraction of sp³-hybridized carbons (Fsp3) is 0.118. The minimum absolute atomic E-state index is 0.146. The van der Waals surface area contributed by atoms with Crippen LogP contribution in [-0.2, 0) is 4.74 Å². The maximum absolute atomic E-state index is 12.7. The number of rotatable bonds is 3. The van der Waals surface area contributed by atoms with Crippen LogP contribution < -0.4 is 0 Å². The van der Waals surface area contributed by atoms with Crippen molar-refractivity contribution in [3.05, 3.63) is 64.3 Å². The van der Waals surface area contributed by atoms with E-state index in [2.05, 4.69) is 21.0 Å². The summed E-state index contributed by atoms with van der Waals surface area (Å²) in [5.41, 5.74) is 1.20. The smallest absolute Gasteiger partial charge is 0.359 e. The van der Waals surface area contributed by atoms with E-state index in [4.69, 9.17) is 4.74 Å². The molecule has 23 heavy (non-hydrogen) atoms. The lowest BCUT2D eigenvalue weighted by Gasteiger charge is -2.02. The Balaban J connectivity index is 2.12. The Hall–Kier alpha value is -2.47. The second kappa shape index (κ2) is 6.34. The minimum atomic E-state index is -0.536. The van der Waals surface area contributed by atoms with Crippen LogP contribution in [0.15, 0.2) is 53.0 Å². The van der Waals surface area contributed by atoms with Crippen LogP contribution in [0.1, 0.15) is 27.8 Å². The van der Waals surface area contributed by atoms with Crippen molar-refractivity contribution in [2.75, 3.05) is 6.61 Å². The number of para-hydroxylation sites is 1. The highest BCUT2D eigenvalue weighted by Crippen LogP contribution is 2.21. The SMILES string of the molecule is CCOC(=O)c1nn(C(=O)c2ccc(Br)cc2)c2ccccc12. The van der Waals surface area contributed by atoms with Gasteiger partial charge in [0.1, 0.15) is 0 Å². The van der Waals surface area contributed by atoms with E-state index >= 15 is 0 Å². The third-order valence-corrected chi connectivity index (χ3v) is 3.87. The molecule has 116 valence electrons. The summed E-state index contributed by atoms with van der Waals surface area (Å²) in [5.74, 6) is -0.838. The number of carbonyl (C=O) groups excluding carboxylic acids is 2. The first kappa shape index (κ1) is 15.4. The lowest BCUT2D eigenvalue weighted by molar-refractivity contribution is 0.0521. The summed E-state index contributed by atoms with van der Waals surface area (Å²) >= 11 is 3.34. The maximum Gasteiger partial charge on any atom is 0.359 e. The van der Waals surface area contributed by atoms with E-state index in [1.807, 2.05) is 0 Å². The molecule has 0 spiro atoms. The van der Waals surface area contributed by atoms with E-state index in [1.54, 1.807) is 55.5 Å². The van der Waals surface area contributed by atoms with Crippen molar-refractivity contribution in [1.82, 2.24) is 9.78 Å². The molecule has 0 unspecified atom stereocenters. The summed E-state index contributed by atoms with van der Waals surface area (Å²) in [6, 6.07) is 14.1. The third-order valence-electron chi connectivity index (χ3n) is 3.34. The van der Waals surface area contributed by atoms with E-state index in [1.165, 1.54) is 4.68 Å². The average Bonchev–Trinajstić information content (AvgIpc) is 2.95. The lowest BCUT2D eigenvalue weighted by Crippen LogP contribution is -2.15. The number of hydrogen-bond donors (Lipinski definition) is 0. The van der Waals surface area contributed by atoms with Crippen molar-refractivity contribution in [3.63, 3.8) is 0 Å². The average molecular weight is 373 g/mol. The quantitative estimate of drug-likeness (QED) is 0.658. The zero-order valence-electron chi connectivity index (χ0n) is 12.3. The lowest BCUT2D eigenvalue weighted by atomic mass is 10.2. The number of nitrogens with zero attached hydrogens (tertiary/aromatic N) is 2. The molecule has 0 atom stereocenters. The highest BCUT2D eigenvalue weighted by Gasteiger charge is 2.21. The number of esters is 1. The Bertz CT molecular complexity index is 884. The molecule has 2 aromatic carbocycles.